The Morgan fingerprint density at radius 3 is 2.15 bits per heavy atom. The summed E-state index contributed by atoms with van der Waals surface area (Å²) >= 11 is 0. The normalized spacial score (nSPS) is 17.0. The third-order valence-electron chi connectivity index (χ3n) is 6.27. The van der Waals surface area contributed by atoms with Gasteiger partial charge in [0.15, 0.2) is 0 Å². The Morgan fingerprint density at radius 2 is 1.52 bits per heavy atom. The van der Waals surface area contributed by atoms with Crippen molar-refractivity contribution in [2.75, 3.05) is 16.3 Å². The number of amides is 2. The molecule has 1 atom stereocenters. The smallest absolute Gasteiger partial charge is 0.254 e. The zero-order valence-corrected chi connectivity index (χ0v) is 19.9. The lowest BCUT2D eigenvalue weighted by Gasteiger charge is -2.42. The summed E-state index contributed by atoms with van der Waals surface area (Å²) in [4.78, 5) is 31.1. The van der Waals surface area contributed by atoms with Crippen molar-refractivity contribution in [1.82, 2.24) is 0 Å². The van der Waals surface area contributed by atoms with Crippen LogP contribution in [0.25, 0.3) is 6.08 Å². The van der Waals surface area contributed by atoms with Crippen molar-refractivity contribution in [2.45, 2.75) is 40.7 Å². The molecule has 0 bridgehead atoms. The van der Waals surface area contributed by atoms with Crippen molar-refractivity contribution in [2.24, 2.45) is 0 Å². The Labute approximate surface area is 196 Å². The minimum absolute atomic E-state index is 0.0208. The number of anilines is 2. The highest BCUT2D eigenvalue weighted by Crippen LogP contribution is 2.34. The first kappa shape index (κ1) is 22.5. The number of benzene rings is 3. The number of para-hydroxylation sites is 1. The summed E-state index contributed by atoms with van der Waals surface area (Å²) in [5, 5.41) is 0. The number of rotatable bonds is 4. The molecule has 1 aliphatic rings. The fourth-order valence-corrected chi connectivity index (χ4v) is 4.75. The largest absolute Gasteiger partial charge is 0.300 e. The molecule has 0 aromatic heterocycles. The fourth-order valence-electron chi connectivity index (χ4n) is 4.75. The zero-order valence-electron chi connectivity index (χ0n) is 19.9. The molecule has 4 nitrogen and oxygen atoms in total. The lowest BCUT2D eigenvalue weighted by Crippen LogP contribution is -2.61. The fraction of sp³-hybridized carbons (Fsp3) is 0.241. The number of piperazine rings is 1. The molecule has 1 saturated heterocycles. The predicted octanol–water partition coefficient (Wildman–Crippen LogP) is 5.77. The van der Waals surface area contributed by atoms with E-state index in [4.69, 9.17) is 0 Å². The summed E-state index contributed by atoms with van der Waals surface area (Å²) in [6, 6.07) is 21.1. The molecule has 1 unspecified atom stereocenters. The van der Waals surface area contributed by atoms with Crippen LogP contribution in [0, 0.1) is 27.7 Å². The lowest BCUT2D eigenvalue weighted by atomic mass is 9.96. The summed E-state index contributed by atoms with van der Waals surface area (Å²) in [5.74, 6) is -0.174. The van der Waals surface area contributed by atoms with E-state index >= 15 is 0 Å². The van der Waals surface area contributed by atoms with Gasteiger partial charge in [0, 0.05) is 5.69 Å². The van der Waals surface area contributed by atoms with Gasteiger partial charge in [0.05, 0.1) is 5.69 Å². The second-order valence-corrected chi connectivity index (χ2v) is 8.92. The zero-order chi connectivity index (χ0) is 23.7. The summed E-state index contributed by atoms with van der Waals surface area (Å²) < 4.78 is 0. The molecule has 3 aromatic carbocycles. The maximum Gasteiger partial charge on any atom is 0.254 e. The van der Waals surface area contributed by atoms with Crippen molar-refractivity contribution in [3.63, 3.8) is 0 Å². The Kier molecular flexibility index (Phi) is 6.19. The molecule has 168 valence electrons. The average molecular weight is 439 g/mol. The van der Waals surface area contributed by atoms with E-state index in [-0.39, 0.29) is 18.4 Å². The molecule has 1 aliphatic heterocycles. The molecule has 2 amide bonds. The molecule has 0 aliphatic carbocycles. The van der Waals surface area contributed by atoms with Gasteiger partial charge in [0.25, 0.3) is 5.91 Å². The Morgan fingerprint density at radius 1 is 0.848 bits per heavy atom. The van der Waals surface area contributed by atoms with Gasteiger partial charge >= 0.3 is 0 Å². The number of carbonyl (C=O) groups excluding carboxylic acids is 2. The molecule has 4 rings (SSSR count). The van der Waals surface area contributed by atoms with Crippen LogP contribution in [-0.4, -0.2) is 24.4 Å². The van der Waals surface area contributed by atoms with E-state index in [0.717, 1.165) is 44.8 Å². The van der Waals surface area contributed by atoms with Crippen LogP contribution >= 0.6 is 0 Å². The van der Waals surface area contributed by atoms with E-state index in [9.17, 15) is 9.59 Å². The standard InChI is InChI=1S/C29H30N2O2/c1-19-14-15-25(22(4)16-19)31-26(32)18-30(27-20(2)10-9-11-21(27)3)29(33)28(31)23(5)17-24-12-7-6-8-13-24/h6-17,28H,18H2,1-5H3/b23-17+. The Bertz CT molecular complexity index is 1220. The van der Waals surface area contributed by atoms with Crippen LogP contribution in [0.15, 0.2) is 72.3 Å². The van der Waals surface area contributed by atoms with Crippen molar-refractivity contribution in [1.29, 1.82) is 0 Å². The van der Waals surface area contributed by atoms with Crippen LogP contribution in [0.5, 0.6) is 0 Å². The molecule has 4 heteroatoms. The van der Waals surface area contributed by atoms with Gasteiger partial charge in [-0.2, -0.15) is 0 Å². The molecule has 0 spiro atoms. The summed E-state index contributed by atoms with van der Waals surface area (Å²) in [5.41, 5.74) is 7.51. The molecule has 1 heterocycles. The van der Waals surface area contributed by atoms with Crippen LogP contribution < -0.4 is 9.80 Å². The van der Waals surface area contributed by atoms with Crippen LogP contribution in [0.2, 0.25) is 0 Å². The van der Waals surface area contributed by atoms with Crippen LogP contribution in [-0.2, 0) is 9.59 Å². The number of carbonyl (C=O) groups is 2. The summed E-state index contributed by atoms with van der Waals surface area (Å²) in [6.07, 6.45) is 2.00. The topological polar surface area (TPSA) is 40.6 Å². The molecule has 33 heavy (non-hydrogen) atoms. The van der Waals surface area contributed by atoms with Crippen molar-refractivity contribution < 1.29 is 9.59 Å². The summed E-state index contributed by atoms with van der Waals surface area (Å²) in [6.45, 7) is 9.95. The quantitative estimate of drug-likeness (QED) is 0.519. The second-order valence-electron chi connectivity index (χ2n) is 8.92. The highest BCUT2D eigenvalue weighted by atomic mass is 16.2. The van der Waals surface area contributed by atoms with Gasteiger partial charge in [-0.3, -0.25) is 14.5 Å². The number of aryl methyl sites for hydroxylation is 4. The SMILES string of the molecule is C/C(=C\c1ccccc1)C1C(=O)N(c2c(C)cccc2C)CC(=O)N1c1ccc(C)cc1C. The second kappa shape index (κ2) is 9.07. The predicted molar refractivity (Wildman–Crippen MR) is 136 cm³/mol. The molecule has 0 radical (unpaired) electrons. The summed E-state index contributed by atoms with van der Waals surface area (Å²) in [7, 11) is 0. The first-order valence-electron chi connectivity index (χ1n) is 11.3. The third kappa shape index (κ3) is 4.34. The third-order valence-corrected chi connectivity index (χ3v) is 6.27. The van der Waals surface area contributed by atoms with Crippen molar-refractivity contribution in [3.8, 4) is 0 Å². The van der Waals surface area contributed by atoms with Gasteiger partial charge in [0.1, 0.15) is 12.6 Å². The van der Waals surface area contributed by atoms with Crippen LogP contribution in [0.4, 0.5) is 11.4 Å². The van der Waals surface area contributed by atoms with Gasteiger partial charge in [-0.15, -0.1) is 0 Å². The van der Waals surface area contributed by atoms with Gasteiger partial charge in [-0.1, -0.05) is 72.3 Å². The molecule has 3 aromatic rings. The van der Waals surface area contributed by atoms with Crippen molar-refractivity contribution in [3.05, 3.63) is 100 Å². The highest BCUT2D eigenvalue weighted by molar-refractivity contribution is 6.16. The lowest BCUT2D eigenvalue weighted by molar-refractivity contribution is -0.127. The molecule has 0 N–H and O–H groups in total. The average Bonchev–Trinajstić information content (AvgIpc) is 2.76. The maximum atomic E-state index is 14.1. The maximum absolute atomic E-state index is 14.1. The number of hydrogen-bond donors (Lipinski definition) is 0. The minimum atomic E-state index is -0.716. The first-order chi connectivity index (χ1) is 15.8. The van der Waals surface area contributed by atoms with Crippen LogP contribution in [0.3, 0.4) is 0 Å². The van der Waals surface area contributed by atoms with E-state index in [1.165, 1.54) is 0 Å². The van der Waals surface area contributed by atoms with Gasteiger partial charge in [-0.05, 0) is 68.5 Å². The monoisotopic (exact) mass is 438 g/mol. The molecular weight excluding hydrogens is 408 g/mol. The van der Waals surface area contributed by atoms with Gasteiger partial charge < -0.3 is 4.90 Å². The van der Waals surface area contributed by atoms with E-state index in [0.29, 0.717) is 0 Å². The van der Waals surface area contributed by atoms with Gasteiger partial charge in [-0.25, -0.2) is 0 Å². The number of nitrogens with zero attached hydrogens (tertiary/aromatic N) is 2. The van der Waals surface area contributed by atoms with Crippen molar-refractivity contribution >= 4 is 29.3 Å². The van der Waals surface area contributed by atoms with Gasteiger partial charge in [0.2, 0.25) is 5.91 Å². The minimum Gasteiger partial charge on any atom is -0.300 e. The van der Waals surface area contributed by atoms with E-state index < -0.39 is 6.04 Å². The van der Waals surface area contributed by atoms with E-state index in [1.807, 2.05) is 101 Å². The molecule has 1 fully saturated rings. The van der Waals surface area contributed by atoms with Crippen LogP contribution in [0.1, 0.15) is 34.7 Å². The number of hydrogen-bond acceptors (Lipinski definition) is 2. The Hall–Kier alpha value is -3.66. The molecule has 0 saturated carbocycles. The Balaban J connectivity index is 1.86. The first-order valence-corrected chi connectivity index (χ1v) is 11.3. The van der Waals surface area contributed by atoms with E-state index in [2.05, 4.69) is 6.07 Å². The highest BCUT2D eigenvalue weighted by Gasteiger charge is 2.42. The molecular formula is C29H30N2O2. The van der Waals surface area contributed by atoms with E-state index in [1.54, 1.807) is 9.80 Å².